The Morgan fingerprint density at radius 2 is 2.16 bits per heavy atom. The average Bonchev–Trinajstić information content (AvgIpc) is 2.43. The van der Waals surface area contributed by atoms with Crippen molar-refractivity contribution in [3.8, 4) is 0 Å². The maximum Gasteiger partial charge on any atom is 0.0641 e. The molecule has 0 unspecified atom stereocenters. The lowest BCUT2D eigenvalue weighted by atomic mass is 10.0. The summed E-state index contributed by atoms with van der Waals surface area (Å²) in [6, 6.07) is 6.22. The zero-order valence-corrected chi connectivity index (χ0v) is 11.7. The summed E-state index contributed by atoms with van der Waals surface area (Å²) in [5, 5.41) is 0. The third-order valence-electron chi connectivity index (χ3n) is 3.47. The Kier molecular flexibility index (Phi) is 5.48. The number of aryl methyl sites for hydroxylation is 1. The van der Waals surface area contributed by atoms with Gasteiger partial charge in [-0.15, -0.1) is 0 Å². The first-order valence-electron chi connectivity index (χ1n) is 7.01. The number of methoxy groups -OCH3 is 1. The minimum Gasteiger partial charge on any atom is -0.399 e. The Balaban J connectivity index is 1.80. The molecule has 0 aliphatic carbocycles. The number of benzene rings is 1. The van der Waals surface area contributed by atoms with Gasteiger partial charge < -0.3 is 20.1 Å². The maximum atomic E-state index is 5.88. The van der Waals surface area contributed by atoms with E-state index >= 15 is 0 Å². The van der Waals surface area contributed by atoms with Crippen LogP contribution in [0.4, 0.5) is 11.4 Å². The lowest BCUT2D eigenvalue weighted by Crippen LogP contribution is -2.32. The Bertz CT molecular complexity index is 396. The molecule has 1 aliphatic rings. The molecule has 0 saturated carbocycles. The van der Waals surface area contributed by atoms with Crippen molar-refractivity contribution in [1.29, 1.82) is 0 Å². The summed E-state index contributed by atoms with van der Waals surface area (Å²) in [6.07, 6.45) is 3.32. The fourth-order valence-electron chi connectivity index (χ4n) is 2.48. The van der Waals surface area contributed by atoms with Crippen molar-refractivity contribution in [2.45, 2.75) is 19.3 Å². The van der Waals surface area contributed by atoms with Crippen molar-refractivity contribution >= 4 is 11.4 Å². The highest BCUT2D eigenvalue weighted by atomic mass is 16.5. The van der Waals surface area contributed by atoms with Crippen LogP contribution in [0.3, 0.4) is 0 Å². The van der Waals surface area contributed by atoms with Crippen LogP contribution < -0.4 is 10.6 Å². The van der Waals surface area contributed by atoms with Crippen molar-refractivity contribution in [1.82, 2.24) is 0 Å². The first-order valence-corrected chi connectivity index (χ1v) is 7.01. The van der Waals surface area contributed by atoms with E-state index in [0.717, 1.165) is 51.4 Å². The highest BCUT2D eigenvalue weighted by Gasteiger charge is 2.16. The van der Waals surface area contributed by atoms with Gasteiger partial charge in [-0.3, -0.25) is 0 Å². The topological polar surface area (TPSA) is 47.7 Å². The normalized spacial score (nSPS) is 14.5. The van der Waals surface area contributed by atoms with E-state index in [9.17, 15) is 0 Å². The molecule has 1 aliphatic heterocycles. The van der Waals surface area contributed by atoms with Gasteiger partial charge in [0.2, 0.25) is 0 Å². The van der Waals surface area contributed by atoms with Gasteiger partial charge in [0.25, 0.3) is 0 Å². The van der Waals surface area contributed by atoms with Gasteiger partial charge in [-0.05, 0) is 37.0 Å². The standard InChI is InChI=1S/C15H24N2O2/c1-18-9-3-10-19-11-8-17-7-2-4-13-5-6-14(16)12-15(13)17/h5-6,12H,2-4,7-11,16H2,1H3. The monoisotopic (exact) mass is 264 g/mol. The molecule has 0 atom stereocenters. The number of anilines is 2. The van der Waals surface area contributed by atoms with Crippen LogP contribution in [-0.4, -0.2) is 40.0 Å². The van der Waals surface area contributed by atoms with Crippen LogP contribution in [0.25, 0.3) is 0 Å². The molecule has 0 bridgehead atoms. The van der Waals surface area contributed by atoms with Crippen molar-refractivity contribution in [3.63, 3.8) is 0 Å². The van der Waals surface area contributed by atoms with Crippen LogP contribution in [0.5, 0.6) is 0 Å². The van der Waals surface area contributed by atoms with E-state index in [1.807, 2.05) is 6.07 Å². The molecule has 2 rings (SSSR count). The van der Waals surface area contributed by atoms with E-state index in [1.54, 1.807) is 7.11 Å². The highest BCUT2D eigenvalue weighted by Crippen LogP contribution is 2.28. The predicted octanol–water partition coefficient (Wildman–Crippen LogP) is 2.07. The molecule has 0 saturated heterocycles. The van der Waals surface area contributed by atoms with Crippen LogP contribution in [0, 0.1) is 0 Å². The Morgan fingerprint density at radius 1 is 1.26 bits per heavy atom. The van der Waals surface area contributed by atoms with Crippen LogP contribution in [0.1, 0.15) is 18.4 Å². The van der Waals surface area contributed by atoms with E-state index in [0.29, 0.717) is 0 Å². The number of ether oxygens (including phenoxy) is 2. The van der Waals surface area contributed by atoms with E-state index in [2.05, 4.69) is 17.0 Å². The summed E-state index contributed by atoms with van der Waals surface area (Å²) < 4.78 is 10.6. The summed E-state index contributed by atoms with van der Waals surface area (Å²) in [5.74, 6) is 0. The molecule has 2 N–H and O–H groups in total. The Hall–Kier alpha value is -1.26. The summed E-state index contributed by atoms with van der Waals surface area (Å²) in [7, 11) is 1.72. The third-order valence-corrected chi connectivity index (χ3v) is 3.47. The molecule has 4 heteroatoms. The molecule has 19 heavy (non-hydrogen) atoms. The summed E-state index contributed by atoms with van der Waals surface area (Å²) in [5.41, 5.74) is 9.41. The second-order valence-corrected chi connectivity index (χ2v) is 4.94. The summed E-state index contributed by atoms with van der Waals surface area (Å²) in [4.78, 5) is 2.38. The average molecular weight is 264 g/mol. The first kappa shape index (κ1) is 14.2. The molecular weight excluding hydrogens is 240 g/mol. The summed E-state index contributed by atoms with van der Waals surface area (Å²) >= 11 is 0. The smallest absolute Gasteiger partial charge is 0.0641 e. The SMILES string of the molecule is COCCCOCCN1CCCc2ccc(N)cc21. The van der Waals surface area contributed by atoms with Gasteiger partial charge in [-0.2, -0.15) is 0 Å². The molecule has 106 valence electrons. The van der Waals surface area contributed by atoms with Crippen molar-refractivity contribution in [3.05, 3.63) is 23.8 Å². The number of hydrogen-bond acceptors (Lipinski definition) is 4. The van der Waals surface area contributed by atoms with Gasteiger partial charge in [0.1, 0.15) is 0 Å². The molecule has 0 radical (unpaired) electrons. The number of nitrogens with zero attached hydrogens (tertiary/aromatic N) is 1. The first-order chi connectivity index (χ1) is 9.31. The minimum atomic E-state index is 0.762. The van der Waals surface area contributed by atoms with Crippen LogP contribution in [0.15, 0.2) is 18.2 Å². The lowest BCUT2D eigenvalue weighted by Gasteiger charge is -2.31. The van der Waals surface area contributed by atoms with Crippen molar-refractivity contribution in [2.75, 3.05) is 50.7 Å². The number of fused-ring (bicyclic) bond motifs is 1. The quantitative estimate of drug-likeness (QED) is 0.605. The van der Waals surface area contributed by atoms with Crippen molar-refractivity contribution in [2.24, 2.45) is 0 Å². The fourth-order valence-corrected chi connectivity index (χ4v) is 2.48. The fraction of sp³-hybridized carbons (Fsp3) is 0.600. The van der Waals surface area contributed by atoms with Crippen LogP contribution in [0.2, 0.25) is 0 Å². The number of nitrogens with two attached hydrogens (primary N) is 1. The minimum absolute atomic E-state index is 0.762. The second kappa shape index (κ2) is 7.36. The molecule has 1 heterocycles. The van der Waals surface area contributed by atoms with Gasteiger partial charge in [0, 0.05) is 44.8 Å². The predicted molar refractivity (Wildman–Crippen MR) is 78.7 cm³/mol. The number of rotatable bonds is 7. The van der Waals surface area contributed by atoms with Gasteiger partial charge in [-0.25, -0.2) is 0 Å². The molecule has 4 nitrogen and oxygen atoms in total. The van der Waals surface area contributed by atoms with Gasteiger partial charge in [0.05, 0.1) is 6.61 Å². The zero-order valence-electron chi connectivity index (χ0n) is 11.7. The van der Waals surface area contributed by atoms with Crippen LogP contribution in [-0.2, 0) is 15.9 Å². The zero-order chi connectivity index (χ0) is 13.5. The second-order valence-electron chi connectivity index (χ2n) is 4.94. The maximum absolute atomic E-state index is 5.88. The Morgan fingerprint density at radius 3 is 3.00 bits per heavy atom. The highest BCUT2D eigenvalue weighted by molar-refractivity contribution is 5.62. The van der Waals surface area contributed by atoms with Crippen LogP contribution >= 0.6 is 0 Å². The third kappa shape index (κ3) is 4.11. The Labute approximate surface area is 115 Å². The van der Waals surface area contributed by atoms with Crippen molar-refractivity contribution < 1.29 is 9.47 Å². The van der Waals surface area contributed by atoms with E-state index < -0.39 is 0 Å². The molecule has 0 aromatic heterocycles. The molecule has 1 aromatic carbocycles. The van der Waals surface area contributed by atoms with Gasteiger partial charge >= 0.3 is 0 Å². The molecular formula is C15H24N2O2. The number of nitrogen functional groups attached to an aromatic ring is 1. The van der Waals surface area contributed by atoms with Gasteiger partial charge in [0.15, 0.2) is 0 Å². The van der Waals surface area contributed by atoms with Gasteiger partial charge in [-0.1, -0.05) is 6.07 Å². The largest absolute Gasteiger partial charge is 0.399 e. The summed E-state index contributed by atoms with van der Waals surface area (Å²) in [6.45, 7) is 4.33. The molecule has 0 fully saturated rings. The number of hydrogen-bond donors (Lipinski definition) is 1. The molecule has 0 amide bonds. The van der Waals surface area contributed by atoms with E-state index in [4.69, 9.17) is 15.2 Å². The van der Waals surface area contributed by atoms with E-state index in [-0.39, 0.29) is 0 Å². The van der Waals surface area contributed by atoms with E-state index in [1.165, 1.54) is 17.7 Å². The molecule has 0 spiro atoms. The lowest BCUT2D eigenvalue weighted by molar-refractivity contribution is 0.107. The molecule has 1 aromatic rings.